The van der Waals surface area contributed by atoms with Crippen molar-refractivity contribution in [3.8, 4) is 0 Å². The second kappa shape index (κ2) is 4.45. The van der Waals surface area contributed by atoms with Crippen molar-refractivity contribution in [2.45, 2.75) is 32.2 Å². The Morgan fingerprint density at radius 3 is 2.93 bits per heavy atom. The average Bonchev–Trinajstić information content (AvgIpc) is 2.59. The molecule has 3 nitrogen and oxygen atoms in total. The number of benzene rings is 1. The Labute approximate surface area is 89.3 Å². The van der Waals surface area contributed by atoms with Crippen LogP contribution in [0.4, 0.5) is 0 Å². The molecule has 80 valence electrons. The van der Waals surface area contributed by atoms with Gasteiger partial charge in [0.2, 0.25) is 0 Å². The zero-order valence-electron chi connectivity index (χ0n) is 8.94. The Hall–Kier alpha value is -1.35. The van der Waals surface area contributed by atoms with Crippen LogP contribution < -0.4 is 5.73 Å². The number of hydrogen-bond donors (Lipinski definition) is 1. The number of aromatic nitrogens is 1. The van der Waals surface area contributed by atoms with E-state index in [9.17, 15) is 0 Å². The lowest BCUT2D eigenvalue weighted by Gasteiger charge is -2.05. The van der Waals surface area contributed by atoms with E-state index < -0.39 is 0 Å². The number of hydrogen-bond acceptors (Lipinski definition) is 3. The van der Waals surface area contributed by atoms with Crippen LogP contribution in [-0.4, -0.2) is 11.0 Å². The van der Waals surface area contributed by atoms with E-state index in [0.717, 1.165) is 36.3 Å². The molecule has 0 bridgehead atoms. The Morgan fingerprint density at radius 1 is 1.40 bits per heavy atom. The van der Waals surface area contributed by atoms with Gasteiger partial charge in [-0.05, 0) is 18.6 Å². The average molecular weight is 204 g/mol. The Bertz CT molecular complexity index is 403. The summed E-state index contributed by atoms with van der Waals surface area (Å²) in [6.07, 6.45) is 2.84. The Morgan fingerprint density at radius 2 is 2.20 bits per heavy atom. The topological polar surface area (TPSA) is 52.0 Å². The molecule has 2 N–H and O–H groups in total. The highest BCUT2D eigenvalue weighted by molar-refractivity contribution is 5.72. The molecule has 0 radical (unpaired) electrons. The first-order valence-electron chi connectivity index (χ1n) is 5.39. The van der Waals surface area contributed by atoms with E-state index in [0.29, 0.717) is 0 Å². The molecular weight excluding hydrogens is 188 g/mol. The van der Waals surface area contributed by atoms with Crippen LogP contribution in [0.3, 0.4) is 0 Å². The van der Waals surface area contributed by atoms with Gasteiger partial charge < -0.3 is 10.2 Å². The van der Waals surface area contributed by atoms with E-state index in [2.05, 4.69) is 11.9 Å². The largest absolute Gasteiger partial charge is 0.441 e. The maximum absolute atomic E-state index is 5.94. The molecule has 1 atom stereocenters. The number of nitrogens with two attached hydrogens (primary N) is 1. The fraction of sp³-hybridized carbons (Fsp3) is 0.417. The molecule has 1 heterocycles. The lowest BCUT2D eigenvalue weighted by Crippen LogP contribution is -2.22. The first-order chi connectivity index (χ1) is 7.29. The first-order valence-corrected chi connectivity index (χ1v) is 5.39. The summed E-state index contributed by atoms with van der Waals surface area (Å²) in [5.41, 5.74) is 7.69. The van der Waals surface area contributed by atoms with Gasteiger partial charge in [-0.25, -0.2) is 4.98 Å². The van der Waals surface area contributed by atoms with Crippen molar-refractivity contribution in [1.29, 1.82) is 0 Å². The van der Waals surface area contributed by atoms with E-state index in [1.54, 1.807) is 0 Å². The summed E-state index contributed by atoms with van der Waals surface area (Å²) in [7, 11) is 0. The van der Waals surface area contributed by atoms with Gasteiger partial charge in [0.1, 0.15) is 5.52 Å². The molecule has 2 rings (SSSR count). The standard InChI is InChI=1S/C12H16N2O/c1-2-5-9(13)8-12-14-10-6-3-4-7-11(10)15-12/h3-4,6-7,9H,2,5,8,13H2,1H3/t9-/m0/s1. The molecule has 1 aromatic heterocycles. The number of rotatable bonds is 4. The molecule has 0 aliphatic carbocycles. The van der Waals surface area contributed by atoms with Gasteiger partial charge in [-0.2, -0.15) is 0 Å². The van der Waals surface area contributed by atoms with Crippen LogP contribution in [0.1, 0.15) is 25.7 Å². The van der Waals surface area contributed by atoms with Crippen LogP contribution >= 0.6 is 0 Å². The van der Waals surface area contributed by atoms with Crippen molar-refractivity contribution in [1.82, 2.24) is 4.98 Å². The molecule has 0 unspecified atom stereocenters. The summed E-state index contributed by atoms with van der Waals surface area (Å²) >= 11 is 0. The minimum Gasteiger partial charge on any atom is -0.441 e. The molecular formula is C12H16N2O. The minimum absolute atomic E-state index is 0.156. The predicted octanol–water partition coefficient (Wildman–Crippen LogP) is 2.50. The maximum Gasteiger partial charge on any atom is 0.197 e. The fourth-order valence-corrected chi connectivity index (χ4v) is 1.70. The van der Waals surface area contributed by atoms with Crippen LogP contribution in [0.2, 0.25) is 0 Å². The van der Waals surface area contributed by atoms with Crippen LogP contribution in [0.5, 0.6) is 0 Å². The highest BCUT2D eigenvalue weighted by atomic mass is 16.3. The lowest BCUT2D eigenvalue weighted by molar-refractivity contribution is 0.481. The van der Waals surface area contributed by atoms with Gasteiger partial charge in [0.25, 0.3) is 0 Å². The van der Waals surface area contributed by atoms with E-state index >= 15 is 0 Å². The SMILES string of the molecule is CCC[C@H](N)Cc1nc2ccccc2o1. The number of nitrogens with zero attached hydrogens (tertiary/aromatic N) is 1. The predicted molar refractivity (Wildman–Crippen MR) is 60.6 cm³/mol. The number of fused-ring (bicyclic) bond motifs is 1. The zero-order chi connectivity index (χ0) is 10.7. The summed E-state index contributed by atoms with van der Waals surface area (Å²) in [6, 6.07) is 7.94. The summed E-state index contributed by atoms with van der Waals surface area (Å²) in [5, 5.41) is 0. The molecule has 0 saturated carbocycles. The second-order valence-corrected chi connectivity index (χ2v) is 3.83. The molecule has 0 spiro atoms. The monoisotopic (exact) mass is 204 g/mol. The van der Waals surface area contributed by atoms with Gasteiger partial charge in [0.15, 0.2) is 11.5 Å². The molecule has 0 aliphatic heterocycles. The normalized spacial score (nSPS) is 13.2. The second-order valence-electron chi connectivity index (χ2n) is 3.83. The third kappa shape index (κ3) is 2.36. The minimum atomic E-state index is 0.156. The molecule has 1 aromatic carbocycles. The van der Waals surface area contributed by atoms with Crippen molar-refractivity contribution < 1.29 is 4.42 Å². The van der Waals surface area contributed by atoms with Crippen molar-refractivity contribution in [2.24, 2.45) is 5.73 Å². The van der Waals surface area contributed by atoms with Crippen molar-refractivity contribution in [3.63, 3.8) is 0 Å². The smallest absolute Gasteiger partial charge is 0.197 e. The van der Waals surface area contributed by atoms with Gasteiger partial charge in [0.05, 0.1) is 0 Å². The van der Waals surface area contributed by atoms with E-state index in [4.69, 9.17) is 10.2 Å². The molecule has 0 aliphatic rings. The maximum atomic E-state index is 5.94. The highest BCUT2D eigenvalue weighted by Gasteiger charge is 2.09. The third-order valence-corrected chi connectivity index (χ3v) is 2.43. The lowest BCUT2D eigenvalue weighted by atomic mass is 10.1. The van der Waals surface area contributed by atoms with Crippen LogP contribution in [0, 0.1) is 0 Å². The van der Waals surface area contributed by atoms with E-state index in [1.807, 2.05) is 24.3 Å². The summed E-state index contributed by atoms with van der Waals surface area (Å²) in [6.45, 7) is 2.13. The molecule has 0 amide bonds. The van der Waals surface area contributed by atoms with Gasteiger partial charge in [0, 0.05) is 12.5 Å². The van der Waals surface area contributed by atoms with Gasteiger partial charge >= 0.3 is 0 Å². The van der Waals surface area contributed by atoms with E-state index in [1.165, 1.54) is 0 Å². The van der Waals surface area contributed by atoms with Crippen molar-refractivity contribution in [3.05, 3.63) is 30.2 Å². The summed E-state index contributed by atoms with van der Waals surface area (Å²) in [4.78, 5) is 4.39. The molecule has 0 saturated heterocycles. The third-order valence-electron chi connectivity index (χ3n) is 2.43. The molecule has 2 aromatic rings. The van der Waals surface area contributed by atoms with Crippen molar-refractivity contribution >= 4 is 11.1 Å². The highest BCUT2D eigenvalue weighted by Crippen LogP contribution is 2.16. The molecule has 0 fully saturated rings. The van der Waals surface area contributed by atoms with Gasteiger partial charge in [-0.15, -0.1) is 0 Å². The summed E-state index contributed by atoms with van der Waals surface area (Å²) in [5.74, 6) is 0.747. The number of oxazole rings is 1. The zero-order valence-corrected chi connectivity index (χ0v) is 8.94. The van der Waals surface area contributed by atoms with Crippen LogP contribution in [0.25, 0.3) is 11.1 Å². The van der Waals surface area contributed by atoms with Crippen LogP contribution in [-0.2, 0) is 6.42 Å². The van der Waals surface area contributed by atoms with Crippen molar-refractivity contribution in [2.75, 3.05) is 0 Å². The summed E-state index contributed by atoms with van der Waals surface area (Å²) < 4.78 is 5.59. The Kier molecular flexibility index (Phi) is 3.02. The molecule has 15 heavy (non-hydrogen) atoms. The first kappa shape index (κ1) is 10.2. The van der Waals surface area contributed by atoms with Gasteiger partial charge in [-0.1, -0.05) is 25.5 Å². The van der Waals surface area contributed by atoms with Crippen LogP contribution in [0.15, 0.2) is 28.7 Å². The van der Waals surface area contributed by atoms with Gasteiger partial charge in [-0.3, -0.25) is 0 Å². The van der Waals surface area contributed by atoms with E-state index in [-0.39, 0.29) is 6.04 Å². The quantitative estimate of drug-likeness (QED) is 0.832. The fourth-order valence-electron chi connectivity index (χ4n) is 1.70. The number of para-hydroxylation sites is 2. The Balaban J connectivity index is 2.15. The molecule has 3 heteroatoms.